The molecule has 3 nitrogen and oxygen atoms in total. The third-order valence-electron chi connectivity index (χ3n) is 1.65. The minimum Gasteiger partial charge on any atom is -0.427 e. The quantitative estimate of drug-likeness (QED) is 0.732. The summed E-state index contributed by atoms with van der Waals surface area (Å²) >= 11 is 0. The zero-order valence-corrected chi connectivity index (χ0v) is 8.37. The third-order valence-corrected chi connectivity index (χ3v) is 2.02. The second-order valence-electron chi connectivity index (χ2n) is 2.74. The van der Waals surface area contributed by atoms with Gasteiger partial charge in [0.15, 0.2) is 0 Å². The van der Waals surface area contributed by atoms with E-state index in [1.54, 1.807) is 12.1 Å². The Hall–Kier alpha value is -0.630. The van der Waals surface area contributed by atoms with Crippen LogP contribution in [-0.2, 0) is 6.42 Å². The second kappa shape index (κ2) is 5.18. The van der Waals surface area contributed by atoms with Gasteiger partial charge in [0.2, 0.25) is 0 Å². The van der Waals surface area contributed by atoms with Crippen molar-refractivity contribution in [2.75, 3.05) is 0 Å². The summed E-state index contributed by atoms with van der Waals surface area (Å²) in [5.41, 5.74) is 1.23. The van der Waals surface area contributed by atoms with Gasteiger partial charge in [0.05, 0.1) is 0 Å². The van der Waals surface area contributed by atoms with Crippen LogP contribution in [0.1, 0.15) is 18.9 Å². The molecule has 2 N–H and O–H groups in total. The maximum absolute atomic E-state index is 8.58. The van der Waals surface area contributed by atoms with Crippen molar-refractivity contribution in [2.45, 2.75) is 19.8 Å². The van der Waals surface area contributed by atoms with E-state index in [4.69, 9.17) is 14.3 Å². The average molecular weight is 200 g/mol. The fourth-order valence-corrected chi connectivity index (χ4v) is 1.41. The average Bonchev–Trinajstić information content (AvgIpc) is 2.08. The van der Waals surface area contributed by atoms with Crippen LogP contribution >= 0.6 is 8.60 Å². The lowest BCUT2D eigenvalue weighted by molar-refractivity contribution is 0.375. The van der Waals surface area contributed by atoms with Crippen LogP contribution in [0.5, 0.6) is 5.75 Å². The Morgan fingerprint density at radius 1 is 1.23 bits per heavy atom. The van der Waals surface area contributed by atoms with E-state index in [2.05, 4.69) is 6.92 Å². The van der Waals surface area contributed by atoms with E-state index in [0.717, 1.165) is 12.8 Å². The Morgan fingerprint density at radius 2 is 1.85 bits per heavy atom. The highest BCUT2D eigenvalue weighted by Crippen LogP contribution is 2.28. The normalized spacial score (nSPS) is 10.5. The summed E-state index contributed by atoms with van der Waals surface area (Å²) in [7, 11) is -2.29. The van der Waals surface area contributed by atoms with Crippen molar-refractivity contribution in [1.82, 2.24) is 0 Å². The minimum atomic E-state index is -2.29. The van der Waals surface area contributed by atoms with Crippen LogP contribution in [0.25, 0.3) is 0 Å². The van der Waals surface area contributed by atoms with Gasteiger partial charge in [-0.15, -0.1) is 0 Å². The zero-order valence-electron chi connectivity index (χ0n) is 7.47. The van der Waals surface area contributed by atoms with E-state index < -0.39 is 8.60 Å². The lowest BCUT2D eigenvalue weighted by Gasteiger charge is -2.05. The Morgan fingerprint density at radius 3 is 2.31 bits per heavy atom. The number of aryl methyl sites for hydroxylation is 1. The van der Waals surface area contributed by atoms with Crippen molar-refractivity contribution in [3.05, 3.63) is 29.8 Å². The van der Waals surface area contributed by atoms with Gasteiger partial charge in [-0.25, -0.2) is 0 Å². The van der Waals surface area contributed by atoms with E-state index in [0.29, 0.717) is 5.75 Å². The lowest BCUT2D eigenvalue weighted by atomic mass is 10.1. The van der Waals surface area contributed by atoms with Crippen LogP contribution in [0.4, 0.5) is 0 Å². The largest absolute Gasteiger partial charge is 0.427 e. The molecule has 0 radical (unpaired) electrons. The molecule has 0 spiro atoms. The van der Waals surface area contributed by atoms with Crippen LogP contribution in [-0.4, -0.2) is 9.79 Å². The van der Waals surface area contributed by atoms with Gasteiger partial charge >= 0.3 is 8.60 Å². The van der Waals surface area contributed by atoms with Crippen molar-refractivity contribution in [3.8, 4) is 5.75 Å². The van der Waals surface area contributed by atoms with Gasteiger partial charge in [0.1, 0.15) is 5.75 Å². The number of hydrogen-bond donors (Lipinski definition) is 2. The maximum atomic E-state index is 8.58. The van der Waals surface area contributed by atoms with Crippen molar-refractivity contribution in [1.29, 1.82) is 0 Å². The molecule has 1 aromatic carbocycles. The molecule has 0 amide bonds. The molecule has 1 rings (SSSR count). The highest BCUT2D eigenvalue weighted by atomic mass is 31.2. The summed E-state index contributed by atoms with van der Waals surface area (Å²) in [6, 6.07) is 7.34. The molecule has 0 bridgehead atoms. The Kier molecular flexibility index (Phi) is 4.16. The van der Waals surface area contributed by atoms with Crippen LogP contribution in [0.15, 0.2) is 24.3 Å². The van der Waals surface area contributed by atoms with Gasteiger partial charge in [-0.1, -0.05) is 25.5 Å². The molecule has 13 heavy (non-hydrogen) atoms. The smallest absolute Gasteiger partial charge is 0.391 e. The summed E-state index contributed by atoms with van der Waals surface area (Å²) in [6.45, 7) is 2.12. The summed E-state index contributed by atoms with van der Waals surface area (Å²) in [4.78, 5) is 17.2. The monoisotopic (exact) mass is 200 g/mol. The molecule has 0 aromatic heterocycles. The molecule has 1 aromatic rings. The predicted octanol–water partition coefficient (Wildman–Crippen LogP) is 2.23. The first kappa shape index (κ1) is 10.5. The molecule has 0 aliphatic rings. The standard InChI is InChI=1S/C9H13O3P/c1-2-3-8-4-6-9(7-5-8)12-13(10)11/h4-7,10-11H,2-3H2,1H3. The Bertz CT molecular complexity index is 246. The van der Waals surface area contributed by atoms with E-state index >= 15 is 0 Å². The number of hydrogen-bond acceptors (Lipinski definition) is 3. The Labute approximate surface area is 79.0 Å². The zero-order chi connectivity index (χ0) is 9.68. The van der Waals surface area contributed by atoms with Crippen LogP contribution < -0.4 is 4.52 Å². The van der Waals surface area contributed by atoms with Gasteiger partial charge in [0.25, 0.3) is 0 Å². The SMILES string of the molecule is CCCc1ccc(OP(O)O)cc1. The summed E-state index contributed by atoms with van der Waals surface area (Å²) < 4.78 is 4.72. The molecule has 72 valence electrons. The van der Waals surface area contributed by atoms with Crippen LogP contribution in [0, 0.1) is 0 Å². The van der Waals surface area contributed by atoms with Gasteiger partial charge in [-0.2, -0.15) is 0 Å². The fraction of sp³-hybridized carbons (Fsp3) is 0.333. The van der Waals surface area contributed by atoms with Crippen LogP contribution in [0.2, 0.25) is 0 Å². The molecule has 0 heterocycles. The van der Waals surface area contributed by atoms with E-state index in [-0.39, 0.29) is 0 Å². The first-order valence-corrected chi connectivity index (χ1v) is 5.33. The van der Waals surface area contributed by atoms with Gasteiger partial charge in [-0.3, -0.25) is 0 Å². The van der Waals surface area contributed by atoms with Gasteiger partial charge < -0.3 is 14.3 Å². The molecule has 4 heteroatoms. The van der Waals surface area contributed by atoms with Crippen molar-refractivity contribution in [2.24, 2.45) is 0 Å². The molecule has 0 saturated carbocycles. The van der Waals surface area contributed by atoms with Crippen molar-refractivity contribution >= 4 is 8.60 Å². The van der Waals surface area contributed by atoms with Gasteiger partial charge in [-0.05, 0) is 24.1 Å². The van der Waals surface area contributed by atoms with E-state index in [1.165, 1.54) is 5.56 Å². The highest BCUT2D eigenvalue weighted by Gasteiger charge is 2.01. The topological polar surface area (TPSA) is 49.7 Å². The predicted molar refractivity (Wildman–Crippen MR) is 52.4 cm³/mol. The second-order valence-corrected chi connectivity index (χ2v) is 3.43. The molecule has 0 aliphatic carbocycles. The maximum Gasteiger partial charge on any atom is 0.391 e. The molecule has 0 aliphatic heterocycles. The number of benzene rings is 1. The van der Waals surface area contributed by atoms with Crippen molar-refractivity contribution < 1.29 is 14.3 Å². The van der Waals surface area contributed by atoms with Crippen LogP contribution in [0.3, 0.4) is 0 Å². The van der Waals surface area contributed by atoms with Gasteiger partial charge in [0, 0.05) is 0 Å². The number of rotatable bonds is 4. The first-order chi connectivity index (χ1) is 6.22. The van der Waals surface area contributed by atoms with E-state index in [9.17, 15) is 0 Å². The first-order valence-electron chi connectivity index (χ1n) is 4.17. The molecular formula is C9H13O3P. The van der Waals surface area contributed by atoms with E-state index in [1.807, 2.05) is 12.1 Å². The third kappa shape index (κ3) is 3.73. The lowest BCUT2D eigenvalue weighted by Crippen LogP contribution is -1.86. The summed E-state index contributed by atoms with van der Waals surface area (Å²) in [5.74, 6) is 0.496. The molecule has 0 unspecified atom stereocenters. The summed E-state index contributed by atoms with van der Waals surface area (Å²) in [5, 5.41) is 0. The Balaban J connectivity index is 2.59. The highest BCUT2D eigenvalue weighted by molar-refractivity contribution is 7.39. The molecule has 0 atom stereocenters. The molecule has 0 saturated heterocycles. The molecule has 0 fully saturated rings. The molecular weight excluding hydrogens is 187 g/mol. The van der Waals surface area contributed by atoms with Crippen molar-refractivity contribution in [3.63, 3.8) is 0 Å². The minimum absolute atomic E-state index is 0.496. The summed E-state index contributed by atoms with van der Waals surface area (Å²) in [6.07, 6.45) is 2.14. The fourth-order valence-electron chi connectivity index (χ4n) is 1.10.